The molecule has 1 N–H and O–H groups in total. The van der Waals surface area contributed by atoms with E-state index in [1.807, 2.05) is 43.3 Å². The summed E-state index contributed by atoms with van der Waals surface area (Å²) in [4.78, 5) is 39.9. The fraction of sp³-hybridized carbons (Fsp3) is 0.121. The van der Waals surface area contributed by atoms with E-state index in [4.69, 9.17) is 25.8 Å². The molecule has 8 nitrogen and oxygen atoms in total. The van der Waals surface area contributed by atoms with Crippen molar-refractivity contribution < 1.29 is 28.6 Å². The van der Waals surface area contributed by atoms with Crippen LogP contribution >= 0.6 is 11.6 Å². The summed E-state index contributed by atoms with van der Waals surface area (Å²) in [6.45, 7) is 2.57. The highest BCUT2D eigenvalue weighted by atomic mass is 35.5. The van der Waals surface area contributed by atoms with Gasteiger partial charge in [0.1, 0.15) is 36.0 Å². The Bertz CT molecular complexity index is 1670. The third-order valence-electron chi connectivity index (χ3n) is 6.53. The second-order valence-corrected chi connectivity index (χ2v) is 9.98. The summed E-state index contributed by atoms with van der Waals surface area (Å²) >= 11 is 6.09. The number of ether oxygens (including phenoxy) is 3. The average Bonchev–Trinajstić information content (AvgIpc) is 2.99. The Morgan fingerprint density at radius 1 is 0.810 bits per heavy atom. The Morgan fingerprint density at radius 3 is 2.24 bits per heavy atom. The molecule has 42 heavy (non-hydrogen) atoms. The van der Waals surface area contributed by atoms with Gasteiger partial charge in [-0.3, -0.25) is 14.9 Å². The Hall–Kier alpha value is -5.08. The van der Waals surface area contributed by atoms with E-state index in [1.54, 1.807) is 54.6 Å². The molecule has 4 aromatic carbocycles. The second-order valence-electron chi connectivity index (χ2n) is 9.55. The van der Waals surface area contributed by atoms with E-state index in [1.165, 1.54) is 13.2 Å². The largest absolute Gasteiger partial charge is 0.497 e. The highest BCUT2D eigenvalue weighted by molar-refractivity contribution is 6.39. The summed E-state index contributed by atoms with van der Waals surface area (Å²) < 4.78 is 17.2. The summed E-state index contributed by atoms with van der Waals surface area (Å²) in [5.74, 6) is -0.111. The highest BCUT2D eigenvalue weighted by Crippen LogP contribution is 2.30. The molecule has 1 heterocycles. The molecule has 0 bridgehead atoms. The van der Waals surface area contributed by atoms with Crippen LogP contribution in [0.1, 0.15) is 22.3 Å². The van der Waals surface area contributed by atoms with Crippen molar-refractivity contribution in [3.8, 4) is 17.2 Å². The molecule has 0 radical (unpaired) electrons. The minimum atomic E-state index is -0.845. The van der Waals surface area contributed by atoms with Crippen molar-refractivity contribution in [1.82, 2.24) is 5.32 Å². The molecule has 1 aliphatic heterocycles. The molecule has 0 atom stereocenters. The fourth-order valence-corrected chi connectivity index (χ4v) is 4.48. The number of nitrogens with one attached hydrogen (secondary N) is 1. The van der Waals surface area contributed by atoms with E-state index in [-0.39, 0.29) is 17.9 Å². The van der Waals surface area contributed by atoms with E-state index < -0.39 is 17.8 Å². The van der Waals surface area contributed by atoms with Crippen molar-refractivity contribution in [2.24, 2.45) is 0 Å². The number of urea groups is 1. The first-order valence-electron chi connectivity index (χ1n) is 13.1. The van der Waals surface area contributed by atoms with Crippen molar-refractivity contribution in [2.75, 3.05) is 12.0 Å². The number of halogens is 1. The van der Waals surface area contributed by atoms with Crippen LogP contribution in [-0.2, 0) is 22.8 Å². The Morgan fingerprint density at radius 2 is 1.52 bits per heavy atom. The molecule has 4 aromatic rings. The quantitative estimate of drug-likeness (QED) is 0.179. The molecule has 1 fully saturated rings. The normalized spacial score (nSPS) is 14.1. The zero-order valence-corrected chi connectivity index (χ0v) is 23.7. The minimum Gasteiger partial charge on any atom is -0.497 e. The van der Waals surface area contributed by atoms with Crippen LogP contribution in [0.15, 0.2) is 96.6 Å². The van der Waals surface area contributed by atoms with Crippen molar-refractivity contribution in [3.05, 3.63) is 124 Å². The van der Waals surface area contributed by atoms with Gasteiger partial charge in [-0.1, -0.05) is 53.6 Å². The summed E-state index contributed by atoms with van der Waals surface area (Å²) in [5.41, 5.74) is 3.51. The summed E-state index contributed by atoms with van der Waals surface area (Å²) in [7, 11) is 1.52. The van der Waals surface area contributed by atoms with Crippen LogP contribution in [-0.4, -0.2) is 25.0 Å². The number of hydrogen-bond acceptors (Lipinski definition) is 6. The zero-order valence-electron chi connectivity index (χ0n) is 22.9. The third-order valence-corrected chi connectivity index (χ3v) is 6.76. The Balaban J connectivity index is 1.36. The number of amides is 4. The molecule has 4 amide bonds. The number of aryl methyl sites for hydroxylation is 1. The van der Waals surface area contributed by atoms with Crippen LogP contribution in [0.3, 0.4) is 0 Å². The fourth-order valence-electron chi connectivity index (χ4n) is 4.26. The van der Waals surface area contributed by atoms with Gasteiger partial charge in [0.2, 0.25) is 0 Å². The van der Waals surface area contributed by atoms with Gasteiger partial charge in [0, 0.05) is 16.7 Å². The van der Waals surface area contributed by atoms with Crippen LogP contribution in [0.5, 0.6) is 17.2 Å². The van der Waals surface area contributed by atoms with Gasteiger partial charge in [-0.25, -0.2) is 9.69 Å². The Kier molecular flexibility index (Phi) is 8.55. The summed E-state index contributed by atoms with van der Waals surface area (Å²) in [6, 6.07) is 25.9. The predicted octanol–water partition coefficient (Wildman–Crippen LogP) is 6.48. The lowest BCUT2D eigenvalue weighted by molar-refractivity contribution is -0.122. The third kappa shape index (κ3) is 6.62. The average molecular weight is 583 g/mol. The molecular weight excluding hydrogens is 556 g/mol. The number of rotatable bonds is 9. The number of imide groups is 2. The number of methoxy groups -OCH3 is 1. The second kappa shape index (κ2) is 12.6. The van der Waals surface area contributed by atoms with Crippen LogP contribution in [0, 0.1) is 6.92 Å². The molecule has 0 saturated carbocycles. The SMILES string of the molecule is COc1ccc(/C=C2\C(=O)NC(=O)N(c3ccc(OCc4ccc(C)cc4)cc3)C2=O)c(OCc2cccc(Cl)c2)c1. The first-order valence-corrected chi connectivity index (χ1v) is 13.4. The molecule has 0 unspecified atom stereocenters. The standard InChI is InChI=1S/C33H27ClN2O6/c1-21-6-8-22(9-7-21)19-41-27-14-11-26(12-15-27)36-32(38)29(31(37)35-33(36)39)17-24-10-13-28(40-2)18-30(24)42-20-23-4-3-5-25(34)16-23/h3-18H,19-20H2,1-2H3,(H,35,37,39)/b29-17+. The maximum Gasteiger partial charge on any atom is 0.335 e. The van der Waals surface area contributed by atoms with E-state index in [2.05, 4.69) is 5.32 Å². The molecule has 212 valence electrons. The van der Waals surface area contributed by atoms with Crippen molar-refractivity contribution >= 4 is 41.2 Å². The van der Waals surface area contributed by atoms with Gasteiger partial charge in [0.05, 0.1) is 12.8 Å². The first kappa shape index (κ1) is 28.4. The molecule has 5 rings (SSSR count). The molecule has 0 spiro atoms. The maximum atomic E-state index is 13.5. The number of carbonyl (C=O) groups is 3. The molecule has 9 heteroatoms. The van der Waals surface area contributed by atoms with Gasteiger partial charge in [0.15, 0.2) is 0 Å². The van der Waals surface area contributed by atoms with Crippen molar-refractivity contribution in [2.45, 2.75) is 20.1 Å². The van der Waals surface area contributed by atoms with E-state index in [9.17, 15) is 14.4 Å². The minimum absolute atomic E-state index is 0.187. The van der Waals surface area contributed by atoms with Gasteiger partial charge in [-0.05, 0) is 72.7 Å². The maximum absolute atomic E-state index is 13.5. The smallest absolute Gasteiger partial charge is 0.335 e. The number of barbiturate groups is 1. The van der Waals surface area contributed by atoms with Gasteiger partial charge in [-0.15, -0.1) is 0 Å². The number of benzene rings is 4. The molecule has 1 aliphatic rings. The number of hydrogen-bond donors (Lipinski definition) is 1. The van der Waals surface area contributed by atoms with Crippen LogP contribution in [0.25, 0.3) is 6.08 Å². The number of carbonyl (C=O) groups excluding carboxylic acids is 3. The number of nitrogens with zero attached hydrogens (tertiary/aromatic N) is 1. The van der Waals surface area contributed by atoms with E-state index in [0.717, 1.165) is 21.6 Å². The highest BCUT2D eigenvalue weighted by Gasteiger charge is 2.37. The number of anilines is 1. The first-order chi connectivity index (χ1) is 20.3. The topological polar surface area (TPSA) is 94.2 Å². The van der Waals surface area contributed by atoms with Crippen LogP contribution in [0.4, 0.5) is 10.5 Å². The lowest BCUT2D eigenvalue weighted by Crippen LogP contribution is -2.54. The lowest BCUT2D eigenvalue weighted by atomic mass is 10.1. The summed E-state index contributed by atoms with van der Waals surface area (Å²) in [5, 5.41) is 2.82. The molecular formula is C33H27ClN2O6. The van der Waals surface area contributed by atoms with Crippen LogP contribution < -0.4 is 24.4 Å². The van der Waals surface area contributed by atoms with Crippen molar-refractivity contribution in [1.29, 1.82) is 0 Å². The van der Waals surface area contributed by atoms with Gasteiger partial charge >= 0.3 is 6.03 Å². The van der Waals surface area contributed by atoms with Crippen LogP contribution in [0.2, 0.25) is 5.02 Å². The molecule has 0 aromatic heterocycles. The zero-order chi connectivity index (χ0) is 29.6. The summed E-state index contributed by atoms with van der Waals surface area (Å²) in [6.07, 6.45) is 1.39. The van der Waals surface area contributed by atoms with Crippen molar-refractivity contribution in [3.63, 3.8) is 0 Å². The van der Waals surface area contributed by atoms with Gasteiger partial charge < -0.3 is 14.2 Å². The lowest BCUT2D eigenvalue weighted by Gasteiger charge is -2.26. The Labute approximate surface area is 248 Å². The molecule has 0 aliphatic carbocycles. The predicted molar refractivity (Wildman–Crippen MR) is 160 cm³/mol. The monoisotopic (exact) mass is 582 g/mol. The van der Waals surface area contributed by atoms with Gasteiger partial charge in [0.25, 0.3) is 11.8 Å². The van der Waals surface area contributed by atoms with E-state index >= 15 is 0 Å². The molecule has 1 saturated heterocycles. The van der Waals surface area contributed by atoms with E-state index in [0.29, 0.717) is 34.4 Å². The van der Waals surface area contributed by atoms with Gasteiger partial charge in [-0.2, -0.15) is 0 Å².